The molecule has 26 heavy (non-hydrogen) atoms. The first-order valence-electron chi connectivity index (χ1n) is 8.91. The summed E-state index contributed by atoms with van der Waals surface area (Å²) in [6, 6.07) is 7.01. The second-order valence-corrected chi connectivity index (χ2v) is 8.02. The highest BCUT2D eigenvalue weighted by Crippen LogP contribution is 2.28. The largest absolute Gasteiger partial charge is 0.355 e. The van der Waals surface area contributed by atoms with Gasteiger partial charge >= 0.3 is 0 Å². The maximum Gasteiger partial charge on any atom is 0.251 e. The molecule has 1 heterocycles. The molecule has 0 bridgehead atoms. The van der Waals surface area contributed by atoms with Crippen molar-refractivity contribution in [1.82, 2.24) is 9.88 Å². The molecule has 2 aromatic rings. The summed E-state index contributed by atoms with van der Waals surface area (Å²) < 4.78 is 1.59. The molecular weight excluding hydrogens is 368 g/mol. The van der Waals surface area contributed by atoms with Crippen LogP contribution < -0.4 is 10.9 Å². The smallest absolute Gasteiger partial charge is 0.251 e. The first kappa shape index (κ1) is 19.1. The van der Waals surface area contributed by atoms with E-state index in [2.05, 4.69) is 11.4 Å². The van der Waals surface area contributed by atoms with Crippen LogP contribution in [-0.2, 0) is 11.8 Å². The van der Waals surface area contributed by atoms with Gasteiger partial charge in [-0.3, -0.25) is 9.59 Å². The highest BCUT2D eigenvalue weighted by molar-refractivity contribution is 8.00. The first-order chi connectivity index (χ1) is 12.5. The topological polar surface area (TPSA) is 51.1 Å². The zero-order chi connectivity index (χ0) is 18.5. The predicted octanol–water partition coefficient (Wildman–Crippen LogP) is 4.29. The lowest BCUT2D eigenvalue weighted by atomic mass is 9.97. The molecule has 0 aliphatic heterocycles. The Balaban J connectivity index is 1.61. The fourth-order valence-corrected chi connectivity index (χ4v) is 4.28. The van der Waals surface area contributed by atoms with Crippen molar-refractivity contribution in [3.63, 3.8) is 0 Å². The molecule has 1 aromatic carbocycles. The number of halogens is 1. The molecule has 0 fully saturated rings. The van der Waals surface area contributed by atoms with E-state index in [-0.39, 0.29) is 17.2 Å². The molecule has 1 aromatic heterocycles. The van der Waals surface area contributed by atoms with Crippen molar-refractivity contribution in [2.24, 2.45) is 7.05 Å². The molecule has 138 valence electrons. The van der Waals surface area contributed by atoms with Gasteiger partial charge in [0.15, 0.2) is 0 Å². The number of rotatable bonds is 6. The molecule has 1 amide bonds. The standard InChI is InChI=1S/C20H23ClN2O2S/c1-23-17-8-7-15(21)11-16(17)18(12-20(23)25)26-13-19(24)22-10-9-14-5-3-2-4-6-14/h5,7-8,11-12H,2-4,6,9-10,13H2,1H3,(H,22,24). The minimum absolute atomic E-state index is 0.0118. The number of hydrogen-bond donors (Lipinski definition) is 1. The van der Waals surface area contributed by atoms with Crippen LogP contribution in [-0.4, -0.2) is 22.8 Å². The number of aromatic nitrogens is 1. The number of thioether (sulfide) groups is 1. The second-order valence-electron chi connectivity index (χ2n) is 6.56. The third-order valence-corrected chi connectivity index (χ3v) is 5.97. The van der Waals surface area contributed by atoms with E-state index in [4.69, 9.17) is 11.6 Å². The lowest BCUT2D eigenvalue weighted by molar-refractivity contribution is -0.118. The minimum Gasteiger partial charge on any atom is -0.355 e. The Hall–Kier alpha value is -1.72. The van der Waals surface area contributed by atoms with Crippen LogP contribution in [0.15, 0.2) is 45.6 Å². The van der Waals surface area contributed by atoms with Gasteiger partial charge in [-0.05, 0) is 50.3 Å². The van der Waals surface area contributed by atoms with Gasteiger partial charge in [-0.25, -0.2) is 0 Å². The van der Waals surface area contributed by atoms with Crippen LogP contribution in [0.2, 0.25) is 5.02 Å². The molecule has 0 atom stereocenters. The summed E-state index contributed by atoms with van der Waals surface area (Å²) in [4.78, 5) is 25.1. The van der Waals surface area contributed by atoms with E-state index in [1.807, 2.05) is 12.1 Å². The molecule has 1 aliphatic carbocycles. The van der Waals surface area contributed by atoms with Crippen LogP contribution in [0.5, 0.6) is 0 Å². The van der Waals surface area contributed by atoms with E-state index in [1.54, 1.807) is 23.7 Å². The SMILES string of the molecule is Cn1c(=O)cc(SCC(=O)NCCC2=CCCCC2)c2cc(Cl)ccc21. The van der Waals surface area contributed by atoms with Crippen LogP contribution in [0.25, 0.3) is 10.9 Å². The molecule has 0 saturated carbocycles. The lowest BCUT2D eigenvalue weighted by Crippen LogP contribution is -2.26. The summed E-state index contributed by atoms with van der Waals surface area (Å²) in [5, 5.41) is 4.48. The Morgan fingerprint density at radius 1 is 1.31 bits per heavy atom. The van der Waals surface area contributed by atoms with Crippen molar-refractivity contribution >= 4 is 40.2 Å². The average molecular weight is 391 g/mol. The van der Waals surface area contributed by atoms with Crippen molar-refractivity contribution in [2.45, 2.75) is 37.0 Å². The molecule has 3 rings (SSSR count). The number of pyridine rings is 1. The number of carbonyl (C=O) groups excluding carboxylic acids is 1. The van der Waals surface area contributed by atoms with Gasteiger partial charge in [0.05, 0.1) is 11.3 Å². The molecule has 4 nitrogen and oxygen atoms in total. The molecule has 1 aliphatic rings. The van der Waals surface area contributed by atoms with E-state index in [0.717, 1.165) is 35.1 Å². The molecule has 0 radical (unpaired) electrons. The Kier molecular flexibility index (Phi) is 6.43. The Labute approximate surface area is 162 Å². The van der Waals surface area contributed by atoms with Crippen LogP contribution >= 0.6 is 23.4 Å². The maximum atomic E-state index is 12.2. The Morgan fingerprint density at radius 3 is 2.92 bits per heavy atom. The first-order valence-corrected chi connectivity index (χ1v) is 10.3. The average Bonchev–Trinajstić information content (AvgIpc) is 2.64. The molecule has 0 unspecified atom stereocenters. The fraction of sp³-hybridized carbons (Fsp3) is 0.400. The van der Waals surface area contributed by atoms with E-state index in [0.29, 0.717) is 11.6 Å². The number of allylic oxidation sites excluding steroid dienone is 1. The van der Waals surface area contributed by atoms with E-state index in [9.17, 15) is 9.59 Å². The van der Waals surface area contributed by atoms with Crippen LogP contribution in [0, 0.1) is 0 Å². The summed E-state index contributed by atoms with van der Waals surface area (Å²) in [6.07, 6.45) is 8.10. The van der Waals surface area contributed by atoms with Gasteiger partial charge < -0.3 is 9.88 Å². The Bertz CT molecular complexity index is 905. The van der Waals surface area contributed by atoms with Gasteiger partial charge in [-0.2, -0.15) is 0 Å². The van der Waals surface area contributed by atoms with Gasteiger partial charge in [0, 0.05) is 35.0 Å². The van der Waals surface area contributed by atoms with Gasteiger partial charge in [-0.1, -0.05) is 23.3 Å². The summed E-state index contributed by atoms with van der Waals surface area (Å²) in [6.45, 7) is 0.675. The van der Waals surface area contributed by atoms with E-state index < -0.39 is 0 Å². The predicted molar refractivity (Wildman–Crippen MR) is 109 cm³/mol. The number of nitrogens with zero attached hydrogens (tertiary/aromatic N) is 1. The van der Waals surface area contributed by atoms with Crippen molar-refractivity contribution in [1.29, 1.82) is 0 Å². The number of fused-ring (bicyclic) bond motifs is 1. The van der Waals surface area contributed by atoms with Gasteiger partial charge in [0.2, 0.25) is 5.91 Å². The highest BCUT2D eigenvalue weighted by atomic mass is 35.5. The highest BCUT2D eigenvalue weighted by Gasteiger charge is 2.11. The maximum absolute atomic E-state index is 12.2. The summed E-state index contributed by atoms with van der Waals surface area (Å²) in [7, 11) is 1.74. The third-order valence-electron chi connectivity index (χ3n) is 4.68. The monoisotopic (exact) mass is 390 g/mol. The molecule has 1 N–H and O–H groups in total. The zero-order valence-corrected chi connectivity index (χ0v) is 16.5. The van der Waals surface area contributed by atoms with Crippen LogP contribution in [0.4, 0.5) is 0 Å². The van der Waals surface area contributed by atoms with E-state index >= 15 is 0 Å². The number of benzene rings is 1. The van der Waals surface area contributed by atoms with E-state index in [1.165, 1.54) is 30.2 Å². The van der Waals surface area contributed by atoms with Crippen molar-refractivity contribution in [3.8, 4) is 0 Å². The zero-order valence-electron chi connectivity index (χ0n) is 14.9. The van der Waals surface area contributed by atoms with Crippen molar-refractivity contribution in [2.75, 3.05) is 12.3 Å². The van der Waals surface area contributed by atoms with Gasteiger partial charge in [0.25, 0.3) is 5.56 Å². The summed E-state index contributed by atoms with van der Waals surface area (Å²) >= 11 is 7.48. The lowest BCUT2D eigenvalue weighted by Gasteiger charge is -2.13. The van der Waals surface area contributed by atoms with Gasteiger partial charge in [0.1, 0.15) is 0 Å². The van der Waals surface area contributed by atoms with Crippen LogP contribution in [0.1, 0.15) is 32.1 Å². The minimum atomic E-state index is -0.0908. The third kappa shape index (κ3) is 4.71. The van der Waals surface area contributed by atoms with Crippen LogP contribution in [0.3, 0.4) is 0 Å². The molecule has 0 saturated heterocycles. The molecular formula is C20H23ClN2O2S. The molecule has 6 heteroatoms. The van der Waals surface area contributed by atoms with Crippen molar-refractivity contribution < 1.29 is 4.79 Å². The fourth-order valence-electron chi connectivity index (χ4n) is 3.21. The molecule has 0 spiro atoms. The van der Waals surface area contributed by atoms with Crippen molar-refractivity contribution in [3.05, 3.63) is 51.3 Å². The Morgan fingerprint density at radius 2 is 2.15 bits per heavy atom. The number of nitrogens with one attached hydrogen (secondary N) is 1. The second kappa shape index (κ2) is 8.78. The number of aryl methyl sites for hydroxylation is 1. The number of amides is 1. The number of carbonyl (C=O) groups is 1. The summed E-state index contributed by atoms with van der Waals surface area (Å²) in [5.41, 5.74) is 2.18. The van der Waals surface area contributed by atoms with Gasteiger partial charge in [-0.15, -0.1) is 11.8 Å². The normalized spacial score (nSPS) is 14.3. The quantitative estimate of drug-likeness (QED) is 0.591. The number of hydrogen-bond acceptors (Lipinski definition) is 3. The summed E-state index contributed by atoms with van der Waals surface area (Å²) in [5.74, 6) is 0.274.